The predicted octanol–water partition coefficient (Wildman–Crippen LogP) is 2.52. The zero-order valence-corrected chi connectivity index (χ0v) is 18.2. The largest absolute Gasteiger partial charge is 0.439 e. The van der Waals surface area contributed by atoms with E-state index in [1.807, 2.05) is 20.8 Å². The summed E-state index contributed by atoms with van der Waals surface area (Å²) in [7, 11) is 13.4. The molecule has 144 valence electrons. The van der Waals surface area contributed by atoms with E-state index >= 15 is 0 Å². The maximum Gasteiger partial charge on any atom is 0.200 e. The molecule has 28 heavy (non-hydrogen) atoms. The maximum absolute atomic E-state index is 13.7. The van der Waals surface area contributed by atoms with Gasteiger partial charge in [0.15, 0.2) is 15.4 Å². The fraction of sp³-hybridized carbons (Fsp3) is 0.611. The van der Waals surface area contributed by atoms with Gasteiger partial charge in [-0.25, -0.2) is 13.4 Å². The Kier molecular flexibility index (Phi) is 5.30. The van der Waals surface area contributed by atoms with Gasteiger partial charge in [0.2, 0.25) is 5.89 Å². The van der Waals surface area contributed by atoms with Crippen molar-refractivity contribution in [3.8, 4) is 0 Å². The summed E-state index contributed by atoms with van der Waals surface area (Å²) in [6.07, 6.45) is 0.630. The maximum atomic E-state index is 13.7. The summed E-state index contributed by atoms with van der Waals surface area (Å²) in [5, 5.41) is -1.35. The minimum absolute atomic E-state index is 0.00914. The van der Waals surface area contributed by atoms with Crippen LogP contribution in [0.2, 0.25) is 5.02 Å². The first-order valence-electron chi connectivity index (χ1n) is 9.13. The highest BCUT2D eigenvalue weighted by Gasteiger charge is 2.46. The monoisotopic (exact) mass is 414 g/mol. The third-order valence-electron chi connectivity index (χ3n) is 5.39. The molecule has 1 aliphatic rings. The highest BCUT2D eigenvalue weighted by atomic mass is 35.5. The topological polar surface area (TPSA) is 63.4 Å². The first kappa shape index (κ1) is 21.8. The van der Waals surface area contributed by atoms with Crippen molar-refractivity contribution in [1.82, 2.24) is 9.88 Å². The van der Waals surface area contributed by atoms with Crippen LogP contribution in [-0.2, 0) is 15.3 Å². The van der Waals surface area contributed by atoms with Crippen molar-refractivity contribution in [1.29, 1.82) is 0 Å². The molecule has 0 saturated carbocycles. The van der Waals surface area contributed by atoms with E-state index in [0.29, 0.717) is 37.3 Å². The van der Waals surface area contributed by atoms with Crippen LogP contribution in [-0.4, -0.2) is 64.9 Å². The lowest BCUT2D eigenvalue weighted by molar-refractivity contribution is 0.199. The Bertz CT molecular complexity index is 1000. The Morgan fingerprint density at radius 1 is 1.18 bits per heavy atom. The molecule has 0 unspecified atom stereocenters. The summed E-state index contributed by atoms with van der Waals surface area (Å²) >= 11 is 6.36. The number of nitrogens with zero attached hydrogens (tertiary/aromatic N) is 2. The lowest BCUT2D eigenvalue weighted by Crippen LogP contribution is -2.57. The number of hydrogen-bond donors (Lipinski definition) is 0. The minimum atomic E-state index is -3.83. The predicted molar refractivity (Wildman–Crippen MR) is 114 cm³/mol. The molecule has 0 spiro atoms. The number of rotatable bonds is 3. The van der Waals surface area contributed by atoms with Crippen LogP contribution in [0.3, 0.4) is 0 Å². The third-order valence-corrected chi connectivity index (χ3v) is 8.47. The van der Waals surface area contributed by atoms with Gasteiger partial charge in [0, 0.05) is 5.41 Å². The fourth-order valence-electron chi connectivity index (χ4n) is 3.40. The van der Waals surface area contributed by atoms with Crippen LogP contribution in [0, 0.1) is 0 Å². The van der Waals surface area contributed by atoms with Crippen molar-refractivity contribution < 1.29 is 12.8 Å². The molecule has 5 nitrogen and oxygen atoms in total. The first-order chi connectivity index (χ1) is 12.7. The molecule has 1 aliphatic heterocycles. The van der Waals surface area contributed by atoms with Crippen molar-refractivity contribution in [2.75, 3.05) is 13.1 Å². The number of aromatic nitrogens is 1. The van der Waals surface area contributed by atoms with Crippen molar-refractivity contribution >= 4 is 56.1 Å². The molecule has 0 amide bonds. The number of fused-ring (bicyclic) bond motifs is 1. The summed E-state index contributed by atoms with van der Waals surface area (Å²) in [5.74, 6) is 0.459. The molecule has 1 fully saturated rings. The van der Waals surface area contributed by atoms with Gasteiger partial charge in [0.05, 0.1) is 33.3 Å². The number of sulfone groups is 1. The standard InChI is InChI=1S/C18H22B3ClN2O3S/c1-16(2,3)15-23-12-6-5-11(22)14(13(12)27-15)28(25,26)17(4)7-9-24(10-8-17)18(19,20)21/h5-6H,7-10H2,1-4H3. The zero-order valence-electron chi connectivity index (χ0n) is 16.6. The van der Waals surface area contributed by atoms with Crippen LogP contribution >= 0.6 is 11.6 Å². The normalized spacial score (nSPS) is 19.2. The van der Waals surface area contributed by atoms with Gasteiger partial charge in [-0.15, -0.1) is 0 Å². The summed E-state index contributed by atoms with van der Waals surface area (Å²) in [6.45, 7) is 8.27. The molecule has 2 aromatic rings. The number of piperidine rings is 1. The SMILES string of the molecule is [B]C([B])([B])N1CCC(C)(S(=O)(=O)c2c(Cl)ccc3nc(C(C)(C)C)oc23)CC1. The lowest BCUT2D eigenvalue weighted by Gasteiger charge is -2.45. The van der Waals surface area contributed by atoms with E-state index in [2.05, 4.69) is 4.98 Å². The van der Waals surface area contributed by atoms with E-state index in [9.17, 15) is 8.42 Å². The van der Waals surface area contributed by atoms with Crippen LogP contribution in [0.1, 0.15) is 46.4 Å². The lowest BCUT2D eigenvalue weighted by atomic mass is 9.48. The first-order valence-corrected chi connectivity index (χ1v) is 11.0. The van der Waals surface area contributed by atoms with Crippen molar-refractivity contribution in [3.05, 3.63) is 23.0 Å². The van der Waals surface area contributed by atoms with Crippen molar-refractivity contribution in [2.24, 2.45) is 0 Å². The molecule has 0 aliphatic carbocycles. The molecule has 0 N–H and O–H groups in total. The van der Waals surface area contributed by atoms with Crippen LogP contribution in [0.15, 0.2) is 21.4 Å². The second kappa shape index (κ2) is 6.81. The van der Waals surface area contributed by atoms with Crippen molar-refractivity contribution in [2.45, 2.75) is 60.8 Å². The van der Waals surface area contributed by atoms with E-state index in [1.165, 1.54) is 0 Å². The molecule has 3 rings (SSSR count). The number of benzene rings is 1. The van der Waals surface area contributed by atoms with Gasteiger partial charge in [-0.1, -0.05) is 37.6 Å². The van der Waals surface area contributed by atoms with Crippen LogP contribution in [0.25, 0.3) is 11.1 Å². The van der Waals surface area contributed by atoms with Gasteiger partial charge in [-0.05, 0) is 45.0 Å². The Labute approximate surface area is 175 Å². The van der Waals surface area contributed by atoms with Crippen LogP contribution in [0.4, 0.5) is 0 Å². The van der Waals surface area contributed by atoms with E-state index in [-0.39, 0.29) is 20.9 Å². The Morgan fingerprint density at radius 3 is 2.25 bits per heavy atom. The van der Waals surface area contributed by atoms with Crippen LogP contribution < -0.4 is 0 Å². The molecule has 0 bridgehead atoms. The molecule has 0 atom stereocenters. The zero-order chi connectivity index (χ0) is 21.1. The van der Waals surface area contributed by atoms with Gasteiger partial charge in [-0.3, -0.25) is 0 Å². The molecule has 1 aromatic heterocycles. The van der Waals surface area contributed by atoms with E-state index in [1.54, 1.807) is 24.0 Å². The average molecular weight is 414 g/mol. The highest BCUT2D eigenvalue weighted by molar-refractivity contribution is 7.93. The van der Waals surface area contributed by atoms with Crippen LogP contribution in [0.5, 0.6) is 0 Å². The average Bonchev–Trinajstić information content (AvgIpc) is 2.98. The van der Waals surface area contributed by atoms with Crippen molar-refractivity contribution in [3.63, 3.8) is 0 Å². The summed E-state index contributed by atoms with van der Waals surface area (Å²) < 4.78 is 32.2. The van der Waals surface area contributed by atoms with Gasteiger partial charge in [-0.2, -0.15) is 0 Å². The molecular formula is C18H22B3ClN2O3S. The highest BCUT2D eigenvalue weighted by Crippen LogP contribution is 2.42. The van der Waals surface area contributed by atoms with E-state index in [4.69, 9.17) is 39.6 Å². The number of likely N-dealkylation sites (tertiary alicyclic amines) is 1. The molecular weight excluding hydrogens is 392 g/mol. The molecule has 2 heterocycles. The van der Waals surface area contributed by atoms with Gasteiger partial charge >= 0.3 is 0 Å². The number of oxazole rings is 1. The minimum Gasteiger partial charge on any atom is -0.439 e. The molecule has 1 saturated heterocycles. The van der Waals surface area contributed by atoms with Gasteiger partial charge in [0.25, 0.3) is 0 Å². The van der Waals surface area contributed by atoms with E-state index in [0.717, 1.165) is 0 Å². The fourth-order valence-corrected chi connectivity index (χ4v) is 5.78. The summed E-state index contributed by atoms with van der Waals surface area (Å²) in [4.78, 5) is 6.12. The third kappa shape index (κ3) is 3.66. The van der Waals surface area contributed by atoms with E-state index < -0.39 is 19.8 Å². The number of halogens is 1. The molecule has 1 aromatic carbocycles. The smallest absolute Gasteiger partial charge is 0.200 e. The second-order valence-electron chi connectivity index (χ2n) is 8.82. The summed E-state index contributed by atoms with van der Waals surface area (Å²) in [6, 6.07) is 3.22. The quantitative estimate of drug-likeness (QED) is 0.723. The van der Waals surface area contributed by atoms with Gasteiger partial charge < -0.3 is 9.32 Å². The molecule has 10 heteroatoms. The Morgan fingerprint density at radius 2 is 1.75 bits per heavy atom. The second-order valence-corrected chi connectivity index (χ2v) is 11.6. The molecule has 6 radical (unpaired) electrons. The Balaban J connectivity index is 2.08. The number of hydrogen-bond acceptors (Lipinski definition) is 5. The Hall–Kier alpha value is -0.915. The summed E-state index contributed by atoms with van der Waals surface area (Å²) in [5.41, 5.74) is 0.305. The van der Waals surface area contributed by atoms with Gasteiger partial charge in [0.1, 0.15) is 10.4 Å².